The third-order valence-electron chi connectivity index (χ3n) is 11.5. The molecule has 0 spiro atoms. The molecule has 0 fully saturated rings. The Kier molecular flexibility index (Phi) is 7.17. The number of hydrogen-bond donors (Lipinski definition) is 0. The zero-order valence-electron chi connectivity index (χ0n) is 31.0. The lowest BCUT2D eigenvalue weighted by atomic mass is 9.82. The molecule has 56 heavy (non-hydrogen) atoms. The molecule has 8 aromatic carbocycles. The molecule has 2 aromatic heterocycles. The monoisotopic (exact) mass is 717 g/mol. The van der Waals surface area contributed by atoms with Gasteiger partial charge in [-0.2, -0.15) is 0 Å². The Labute approximate surface area is 324 Å². The lowest BCUT2D eigenvalue weighted by molar-refractivity contribution is 0.660. The second-order valence-corrected chi connectivity index (χ2v) is 15.2. The highest BCUT2D eigenvalue weighted by Crippen LogP contribution is 2.49. The maximum Gasteiger partial charge on any atom is 0.164 e. The average Bonchev–Trinajstić information content (AvgIpc) is 3.75. The van der Waals surface area contributed by atoms with Crippen molar-refractivity contribution < 1.29 is 4.42 Å². The van der Waals surface area contributed by atoms with E-state index in [-0.39, 0.29) is 5.41 Å². The van der Waals surface area contributed by atoms with Crippen LogP contribution < -0.4 is 0 Å². The van der Waals surface area contributed by atoms with Crippen molar-refractivity contribution >= 4 is 32.7 Å². The molecular formula is C52H35N3O. The van der Waals surface area contributed by atoms with Gasteiger partial charge in [0.1, 0.15) is 11.2 Å². The molecule has 10 aromatic rings. The van der Waals surface area contributed by atoms with Crippen molar-refractivity contribution in [2.75, 3.05) is 0 Å². The third kappa shape index (κ3) is 5.18. The van der Waals surface area contributed by atoms with Crippen LogP contribution in [0.4, 0.5) is 0 Å². The van der Waals surface area contributed by atoms with Gasteiger partial charge >= 0.3 is 0 Å². The minimum atomic E-state index is -0.132. The van der Waals surface area contributed by atoms with Gasteiger partial charge < -0.3 is 4.42 Å². The SMILES string of the molecule is CC1(C)c2ccccc2-c2ccc(-c3nc(-c4ccccc4)nc(-c4cccc(-c5ccc6c(c5)oc5cccc(-c7ccc8ccccc8c7)c56)c4)n3)cc21. The number of nitrogens with zero attached hydrogens (tertiary/aromatic N) is 3. The number of furan rings is 1. The van der Waals surface area contributed by atoms with Crippen LogP contribution >= 0.6 is 0 Å². The maximum atomic E-state index is 6.54. The molecule has 2 heterocycles. The molecule has 4 nitrogen and oxygen atoms in total. The summed E-state index contributed by atoms with van der Waals surface area (Å²) in [6, 6.07) is 62.0. The molecule has 1 aliphatic carbocycles. The van der Waals surface area contributed by atoms with E-state index in [4.69, 9.17) is 19.4 Å². The number of fused-ring (bicyclic) bond motifs is 7. The van der Waals surface area contributed by atoms with Crippen LogP contribution in [0.5, 0.6) is 0 Å². The van der Waals surface area contributed by atoms with E-state index >= 15 is 0 Å². The first-order chi connectivity index (χ1) is 27.5. The van der Waals surface area contributed by atoms with E-state index in [9.17, 15) is 0 Å². The zero-order chi connectivity index (χ0) is 37.4. The van der Waals surface area contributed by atoms with Crippen molar-refractivity contribution in [3.05, 3.63) is 187 Å². The zero-order valence-corrected chi connectivity index (χ0v) is 31.0. The molecule has 0 aliphatic heterocycles. The summed E-state index contributed by atoms with van der Waals surface area (Å²) in [6.07, 6.45) is 0. The molecular weight excluding hydrogens is 683 g/mol. The van der Waals surface area contributed by atoms with Crippen LogP contribution in [0.3, 0.4) is 0 Å². The summed E-state index contributed by atoms with van der Waals surface area (Å²) in [5, 5.41) is 4.68. The Hall–Kier alpha value is -7.17. The van der Waals surface area contributed by atoms with Gasteiger partial charge in [-0.15, -0.1) is 0 Å². The molecule has 0 bridgehead atoms. The predicted molar refractivity (Wildman–Crippen MR) is 229 cm³/mol. The second kappa shape index (κ2) is 12.4. The van der Waals surface area contributed by atoms with Crippen LogP contribution in [-0.2, 0) is 5.41 Å². The van der Waals surface area contributed by atoms with Crippen LogP contribution in [0.25, 0.3) is 100 Å². The van der Waals surface area contributed by atoms with E-state index in [2.05, 4.69) is 172 Å². The Balaban J connectivity index is 1.00. The molecule has 0 amide bonds. The summed E-state index contributed by atoms with van der Waals surface area (Å²) in [6.45, 7) is 4.60. The molecule has 0 N–H and O–H groups in total. The Bertz CT molecular complexity index is 3180. The van der Waals surface area contributed by atoms with E-state index in [1.807, 2.05) is 18.2 Å². The standard InChI is InChI=1S/C52H35N3O/c1-52(2)44-20-9-8-18-41(44)42-26-25-39(30-45(42)52)51-54-49(33-13-4-3-5-14-33)53-50(55-51)38-17-10-16-35(29-38)36-24-27-43-47(31-36)56-46-21-11-19-40(48(43)46)37-23-22-32-12-6-7-15-34(32)28-37/h3-31H,1-2H3. The van der Waals surface area contributed by atoms with Crippen molar-refractivity contribution in [1.82, 2.24) is 15.0 Å². The van der Waals surface area contributed by atoms with Crippen molar-refractivity contribution in [1.29, 1.82) is 0 Å². The number of rotatable bonds is 5. The highest BCUT2D eigenvalue weighted by molar-refractivity contribution is 6.13. The summed E-state index contributed by atoms with van der Waals surface area (Å²) in [7, 11) is 0. The minimum Gasteiger partial charge on any atom is -0.456 e. The predicted octanol–water partition coefficient (Wildman–Crippen LogP) is 13.6. The van der Waals surface area contributed by atoms with Gasteiger partial charge in [0.15, 0.2) is 17.5 Å². The molecule has 11 rings (SSSR count). The van der Waals surface area contributed by atoms with Crippen molar-refractivity contribution in [2.45, 2.75) is 19.3 Å². The number of aromatic nitrogens is 3. The van der Waals surface area contributed by atoms with Gasteiger partial charge in [0.2, 0.25) is 0 Å². The molecule has 0 radical (unpaired) electrons. The van der Waals surface area contributed by atoms with Gasteiger partial charge in [-0.1, -0.05) is 153 Å². The summed E-state index contributed by atoms with van der Waals surface area (Å²) < 4.78 is 6.54. The van der Waals surface area contributed by atoms with E-state index < -0.39 is 0 Å². The van der Waals surface area contributed by atoms with Crippen LogP contribution in [0.1, 0.15) is 25.0 Å². The normalized spacial score (nSPS) is 13.0. The second-order valence-electron chi connectivity index (χ2n) is 15.2. The van der Waals surface area contributed by atoms with Crippen LogP contribution in [0.15, 0.2) is 180 Å². The first-order valence-corrected chi connectivity index (χ1v) is 19.1. The van der Waals surface area contributed by atoms with Crippen molar-refractivity contribution in [3.8, 4) is 67.5 Å². The highest BCUT2D eigenvalue weighted by atomic mass is 16.3. The van der Waals surface area contributed by atoms with Crippen molar-refractivity contribution in [3.63, 3.8) is 0 Å². The molecule has 1 aliphatic rings. The lowest BCUT2D eigenvalue weighted by Gasteiger charge is -2.21. The van der Waals surface area contributed by atoms with Crippen molar-refractivity contribution in [2.24, 2.45) is 0 Å². The summed E-state index contributed by atoms with van der Waals surface area (Å²) in [5.41, 5.74) is 14.1. The molecule has 4 heteroatoms. The topological polar surface area (TPSA) is 51.8 Å². The van der Waals surface area contributed by atoms with E-state index in [0.29, 0.717) is 17.5 Å². The fourth-order valence-corrected chi connectivity index (χ4v) is 8.63. The van der Waals surface area contributed by atoms with Crippen LogP contribution in [0.2, 0.25) is 0 Å². The molecule has 264 valence electrons. The first-order valence-electron chi connectivity index (χ1n) is 19.1. The Morgan fingerprint density at radius 2 is 0.982 bits per heavy atom. The van der Waals surface area contributed by atoms with Gasteiger partial charge in [-0.3, -0.25) is 0 Å². The molecule has 0 unspecified atom stereocenters. The number of benzene rings is 8. The van der Waals surface area contributed by atoms with Gasteiger partial charge in [-0.25, -0.2) is 15.0 Å². The Morgan fingerprint density at radius 1 is 0.375 bits per heavy atom. The summed E-state index contributed by atoms with van der Waals surface area (Å²) >= 11 is 0. The summed E-state index contributed by atoms with van der Waals surface area (Å²) in [5.74, 6) is 1.92. The van der Waals surface area contributed by atoms with Gasteiger partial charge in [0.25, 0.3) is 0 Å². The van der Waals surface area contributed by atoms with Crippen LogP contribution in [-0.4, -0.2) is 15.0 Å². The third-order valence-corrected chi connectivity index (χ3v) is 11.5. The fourth-order valence-electron chi connectivity index (χ4n) is 8.63. The quantitative estimate of drug-likeness (QED) is 0.178. The van der Waals surface area contributed by atoms with Gasteiger partial charge in [0.05, 0.1) is 0 Å². The largest absolute Gasteiger partial charge is 0.456 e. The number of hydrogen-bond acceptors (Lipinski definition) is 4. The molecule has 0 atom stereocenters. The van der Waals surface area contributed by atoms with E-state index in [1.165, 1.54) is 38.6 Å². The highest BCUT2D eigenvalue weighted by Gasteiger charge is 2.35. The van der Waals surface area contributed by atoms with E-state index in [1.54, 1.807) is 0 Å². The van der Waals surface area contributed by atoms with E-state index in [0.717, 1.165) is 55.3 Å². The maximum absolute atomic E-state index is 6.54. The average molecular weight is 718 g/mol. The smallest absolute Gasteiger partial charge is 0.164 e. The molecule has 0 saturated carbocycles. The fraction of sp³-hybridized carbons (Fsp3) is 0.0577. The summed E-state index contributed by atoms with van der Waals surface area (Å²) in [4.78, 5) is 15.3. The van der Waals surface area contributed by atoms with Gasteiger partial charge in [-0.05, 0) is 91.7 Å². The molecule has 0 saturated heterocycles. The minimum absolute atomic E-state index is 0.132. The lowest BCUT2D eigenvalue weighted by Crippen LogP contribution is -2.15. The first kappa shape index (κ1) is 32.3. The van der Waals surface area contributed by atoms with Crippen LogP contribution in [0, 0.1) is 0 Å². The Morgan fingerprint density at radius 3 is 1.84 bits per heavy atom. The van der Waals surface area contributed by atoms with Gasteiger partial charge in [0, 0.05) is 32.9 Å².